The fourth-order valence-electron chi connectivity index (χ4n) is 1.95. The Morgan fingerprint density at radius 3 is 2.50 bits per heavy atom. The fraction of sp³-hybridized carbons (Fsp3) is 0.455. The molecule has 0 radical (unpaired) electrons. The molecule has 0 aromatic heterocycles. The van der Waals surface area contributed by atoms with E-state index in [0.29, 0.717) is 13.0 Å². The summed E-state index contributed by atoms with van der Waals surface area (Å²) < 4.78 is 38.1. The van der Waals surface area contributed by atoms with Crippen molar-refractivity contribution >= 4 is 5.69 Å². The van der Waals surface area contributed by atoms with Gasteiger partial charge in [0.15, 0.2) is 0 Å². The Balaban J connectivity index is 2.34. The van der Waals surface area contributed by atoms with Gasteiger partial charge in [-0.15, -0.1) is 0 Å². The molecule has 0 spiro atoms. The minimum Gasteiger partial charge on any atom is -0.391 e. The monoisotopic (exact) mass is 231 g/mol. The van der Waals surface area contributed by atoms with E-state index in [1.807, 2.05) is 0 Å². The number of nitrogens with zero attached hydrogens (tertiary/aromatic N) is 1. The lowest BCUT2D eigenvalue weighted by Crippen LogP contribution is -2.24. The van der Waals surface area contributed by atoms with Crippen LogP contribution in [0.5, 0.6) is 0 Å². The van der Waals surface area contributed by atoms with E-state index in [9.17, 15) is 18.3 Å². The molecule has 1 heterocycles. The largest absolute Gasteiger partial charge is 0.418 e. The number of para-hydroxylation sites is 1. The average molecular weight is 231 g/mol. The van der Waals surface area contributed by atoms with Crippen molar-refractivity contribution in [2.45, 2.75) is 18.7 Å². The summed E-state index contributed by atoms with van der Waals surface area (Å²) in [6, 6.07) is 5.47. The molecule has 0 saturated carbocycles. The smallest absolute Gasteiger partial charge is 0.391 e. The van der Waals surface area contributed by atoms with Gasteiger partial charge >= 0.3 is 6.18 Å². The lowest BCUT2D eigenvalue weighted by molar-refractivity contribution is -0.137. The Bertz CT molecular complexity index is 378. The first-order chi connectivity index (χ1) is 7.48. The third-order valence-corrected chi connectivity index (χ3v) is 2.71. The molecule has 1 fully saturated rings. The van der Waals surface area contributed by atoms with Crippen molar-refractivity contribution in [1.29, 1.82) is 0 Å². The molecule has 1 saturated heterocycles. The highest BCUT2D eigenvalue weighted by atomic mass is 19.4. The first-order valence-electron chi connectivity index (χ1n) is 5.08. The lowest BCUT2D eigenvalue weighted by Gasteiger charge is -2.22. The van der Waals surface area contributed by atoms with E-state index in [1.165, 1.54) is 12.1 Å². The minimum absolute atomic E-state index is 0.159. The van der Waals surface area contributed by atoms with Gasteiger partial charge in [-0.2, -0.15) is 13.2 Å². The van der Waals surface area contributed by atoms with E-state index in [4.69, 9.17) is 0 Å². The van der Waals surface area contributed by atoms with Crippen LogP contribution in [0.25, 0.3) is 0 Å². The average Bonchev–Trinajstić information content (AvgIpc) is 2.64. The van der Waals surface area contributed by atoms with Crippen molar-refractivity contribution in [3.8, 4) is 0 Å². The summed E-state index contributed by atoms with van der Waals surface area (Å²) >= 11 is 0. The minimum atomic E-state index is -4.34. The Morgan fingerprint density at radius 1 is 1.25 bits per heavy atom. The van der Waals surface area contributed by atoms with Crippen LogP contribution in [-0.2, 0) is 6.18 Å². The van der Waals surface area contributed by atoms with Crippen LogP contribution >= 0.6 is 0 Å². The Kier molecular flexibility index (Phi) is 2.80. The summed E-state index contributed by atoms with van der Waals surface area (Å²) in [7, 11) is 0. The number of halogens is 3. The van der Waals surface area contributed by atoms with Crippen molar-refractivity contribution in [3.63, 3.8) is 0 Å². The zero-order valence-electron chi connectivity index (χ0n) is 8.54. The molecule has 16 heavy (non-hydrogen) atoms. The van der Waals surface area contributed by atoms with Gasteiger partial charge in [0.2, 0.25) is 0 Å². The summed E-state index contributed by atoms with van der Waals surface area (Å²) in [4.78, 5) is 1.58. The molecule has 0 unspecified atom stereocenters. The molecule has 1 N–H and O–H groups in total. The molecule has 1 aliphatic rings. The first kappa shape index (κ1) is 11.3. The summed E-state index contributed by atoms with van der Waals surface area (Å²) in [5.74, 6) is 0. The predicted octanol–water partition coefficient (Wildman–Crippen LogP) is 2.28. The van der Waals surface area contributed by atoms with Gasteiger partial charge in [0.25, 0.3) is 0 Å². The van der Waals surface area contributed by atoms with Gasteiger partial charge in [-0.1, -0.05) is 12.1 Å². The molecule has 1 aromatic rings. The maximum absolute atomic E-state index is 12.7. The Hall–Kier alpha value is -1.23. The van der Waals surface area contributed by atoms with E-state index in [1.54, 1.807) is 11.0 Å². The molecule has 5 heteroatoms. The summed E-state index contributed by atoms with van der Waals surface area (Å²) in [5.41, 5.74) is -0.476. The van der Waals surface area contributed by atoms with Crippen molar-refractivity contribution in [2.24, 2.45) is 0 Å². The van der Waals surface area contributed by atoms with Gasteiger partial charge < -0.3 is 10.0 Å². The fourth-order valence-corrected chi connectivity index (χ4v) is 1.95. The summed E-state index contributed by atoms with van der Waals surface area (Å²) in [6.45, 7) is 0.737. The SMILES string of the molecule is O[C@H]1CCN(c2ccccc2C(F)(F)F)C1. The molecule has 0 bridgehead atoms. The number of aliphatic hydroxyl groups is 1. The zero-order valence-corrected chi connectivity index (χ0v) is 8.54. The first-order valence-corrected chi connectivity index (χ1v) is 5.08. The lowest BCUT2D eigenvalue weighted by atomic mass is 10.1. The number of benzene rings is 1. The van der Waals surface area contributed by atoms with Crippen LogP contribution in [0.15, 0.2) is 24.3 Å². The van der Waals surface area contributed by atoms with Crippen LogP contribution in [0, 0.1) is 0 Å². The molecule has 1 atom stereocenters. The van der Waals surface area contributed by atoms with Gasteiger partial charge in [0.05, 0.1) is 11.7 Å². The predicted molar refractivity (Wildman–Crippen MR) is 54.3 cm³/mol. The topological polar surface area (TPSA) is 23.5 Å². The van der Waals surface area contributed by atoms with Crippen molar-refractivity contribution in [2.75, 3.05) is 18.0 Å². The van der Waals surface area contributed by atoms with Crippen molar-refractivity contribution in [1.82, 2.24) is 0 Å². The Labute approximate surface area is 91.3 Å². The number of hydrogen-bond donors (Lipinski definition) is 1. The van der Waals surface area contributed by atoms with E-state index in [0.717, 1.165) is 6.07 Å². The molecule has 2 rings (SSSR count). The van der Waals surface area contributed by atoms with Gasteiger partial charge in [-0.3, -0.25) is 0 Å². The van der Waals surface area contributed by atoms with E-state index >= 15 is 0 Å². The van der Waals surface area contributed by atoms with Crippen LogP contribution in [-0.4, -0.2) is 24.3 Å². The zero-order chi connectivity index (χ0) is 11.8. The van der Waals surface area contributed by atoms with Crippen molar-refractivity contribution in [3.05, 3.63) is 29.8 Å². The standard InChI is InChI=1S/C11H12F3NO/c12-11(13,14)9-3-1-2-4-10(9)15-6-5-8(16)7-15/h1-4,8,16H,5-7H2/t8-/m0/s1. The third kappa shape index (κ3) is 2.14. The number of β-amino-alcohol motifs (C(OH)–C–C–N with tert-alkyl or cyclic N) is 1. The third-order valence-electron chi connectivity index (χ3n) is 2.71. The van der Waals surface area contributed by atoms with E-state index < -0.39 is 17.8 Å². The van der Waals surface area contributed by atoms with Gasteiger partial charge in [-0.05, 0) is 18.6 Å². The number of aliphatic hydroxyl groups excluding tert-OH is 1. The number of rotatable bonds is 1. The molecule has 1 aromatic carbocycles. The molecule has 2 nitrogen and oxygen atoms in total. The quantitative estimate of drug-likeness (QED) is 0.801. The second-order valence-corrected chi connectivity index (χ2v) is 3.90. The second-order valence-electron chi connectivity index (χ2n) is 3.90. The number of hydrogen-bond acceptors (Lipinski definition) is 2. The van der Waals surface area contributed by atoms with E-state index in [2.05, 4.69) is 0 Å². The van der Waals surface area contributed by atoms with Crippen LogP contribution < -0.4 is 4.90 Å². The highest BCUT2D eigenvalue weighted by Gasteiger charge is 2.35. The maximum atomic E-state index is 12.7. The number of alkyl halides is 3. The van der Waals surface area contributed by atoms with Gasteiger partial charge in [-0.25, -0.2) is 0 Å². The molecular weight excluding hydrogens is 219 g/mol. The highest BCUT2D eigenvalue weighted by Crippen LogP contribution is 2.37. The van der Waals surface area contributed by atoms with Crippen molar-refractivity contribution < 1.29 is 18.3 Å². The summed E-state index contributed by atoms with van der Waals surface area (Å²) in [5, 5.41) is 9.33. The molecule has 1 aliphatic heterocycles. The van der Waals surface area contributed by atoms with Crippen LogP contribution in [0.1, 0.15) is 12.0 Å². The van der Waals surface area contributed by atoms with E-state index in [-0.39, 0.29) is 12.2 Å². The van der Waals surface area contributed by atoms with Crippen LogP contribution in [0.2, 0.25) is 0 Å². The number of anilines is 1. The molecule has 0 aliphatic carbocycles. The highest BCUT2D eigenvalue weighted by molar-refractivity contribution is 5.55. The normalized spacial score (nSPS) is 21.5. The molecule has 88 valence electrons. The summed E-state index contributed by atoms with van der Waals surface area (Å²) in [6.07, 6.45) is -4.35. The molecule has 0 amide bonds. The second kappa shape index (κ2) is 3.97. The van der Waals surface area contributed by atoms with Crippen LogP contribution in [0.4, 0.5) is 18.9 Å². The van der Waals surface area contributed by atoms with Gasteiger partial charge in [0, 0.05) is 18.8 Å². The van der Waals surface area contributed by atoms with Crippen LogP contribution in [0.3, 0.4) is 0 Å². The van der Waals surface area contributed by atoms with Gasteiger partial charge in [0.1, 0.15) is 0 Å². The Morgan fingerprint density at radius 2 is 1.94 bits per heavy atom. The maximum Gasteiger partial charge on any atom is 0.418 e. The molecular formula is C11H12F3NO.